The summed E-state index contributed by atoms with van der Waals surface area (Å²) in [6.07, 6.45) is 4.07. The van der Waals surface area contributed by atoms with Crippen molar-refractivity contribution in [2.45, 2.75) is 38.4 Å². The maximum absolute atomic E-state index is 12.6. The van der Waals surface area contributed by atoms with Gasteiger partial charge in [-0.2, -0.15) is 0 Å². The number of hydrogen-bond acceptors (Lipinski definition) is 5. The second kappa shape index (κ2) is 10.1. The minimum atomic E-state index is -0.158. The maximum Gasteiger partial charge on any atom is 0.251 e. The zero-order valence-electron chi connectivity index (χ0n) is 17.0. The molecule has 0 aliphatic carbocycles. The zero-order valence-corrected chi connectivity index (χ0v) is 17.8. The number of ether oxygens (including phenoxy) is 1. The molecule has 29 heavy (non-hydrogen) atoms. The zero-order chi connectivity index (χ0) is 20.6. The van der Waals surface area contributed by atoms with Crippen LogP contribution < -0.4 is 10.1 Å². The molecule has 0 saturated heterocycles. The van der Waals surface area contributed by atoms with Crippen LogP contribution in [0.2, 0.25) is 0 Å². The van der Waals surface area contributed by atoms with Gasteiger partial charge in [0.25, 0.3) is 5.91 Å². The summed E-state index contributed by atoms with van der Waals surface area (Å²) in [6.45, 7) is 5.14. The molecule has 1 heterocycles. The van der Waals surface area contributed by atoms with Crippen molar-refractivity contribution in [3.05, 3.63) is 65.5 Å². The Hall–Kier alpha value is -2.80. The molecule has 6 nitrogen and oxygen atoms in total. The first-order valence-corrected chi connectivity index (χ1v) is 10.9. The molecule has 0 radical (unpaired) electrons. The Morgan fingerprint density at radius 1 is 1.17 bits per heavy atom. The summed E-state index contributed by atoms with van der Waals surface area (Å²) >= 11 is 1.52. The van der Waals surface area contributed by atoms with E-state index in [9.17, 15) is 4.79 Å². The molecular weight excluding hydrogens is 384 g/mol. The van der Waals surface area contributed by atoms with Crippen LogP contribution in [0.4, 0.5) is 0 Å². The lowest BCUT2D eigenvalue weighted by atomic mass is 10.2. The van der Waals surface area contributed by atoms with E-state index >= 15 is 0 Å². The number of rotatable bonds is 9. The van der Waals surface area contributed by atoms with E-state index in [4.69, 9.17) is 4.74 Å². The molecule has 0 atom stereocenters. The highest BCUT2D eigenvalue weighted by atomic mass is 32.2. The molecular formula is C22H26N4O2S. The normalized spacial score (nSPS) is 10.7. The van der Waals surface area contributed by atoms with E-state index in [0.29, 0.717) is 18.0 Å². The number of hydrogen-bond donors (Lipinski definition) is 1. The number of carbonyl (C=O) groups is 1. The first-order chi connectivity index (χ1) is 14.1. The minimum absolute atomic E-state index is 0.158. The minimum Gasteiger partial charge on any atom is -0.494 e. The summed E-state index contributed by atoms with van der Waals surface area (Å²) in [4.78, 5) is 12.6. The van der Waals surface area contributed by atoms with Crippen molar-refractivity contribution in [3.8, 4) is 11.4 Å². The van der Waals surface area contributed by atoms with E-state index in [1.807, 2.05) is 48.1 Å². The van der Waals surface area contributed by atoms with Crippen molar-refractivity contribution in [1.29, 1.82) is 0 Å². The maximum atomic E-state index is 12.6. The third kappa shape index (κ3) is 5.38. The highest BCUT2D eigenvalue weighted by Gasteiger charge is 2.15. The molecule has 0 bridgehead atoms. The second-order valence-electron chi connectivity index (χ2n) is 6.69. The van der Waals surface area contributed by atoms with E-state index < -0.39 is 0 Å². The summed E-state index contributed by atoms with van der Waals surface area (Å²) in [7, 11) is 0. The molecule has 0 fully saturated rings. The fourth-order valence-electron chi connectivity index (χ4n) is 2.87. The topological polar surface area (TPSA) is 69.0 Å². The number of carbonyl (C=O) groups excluding carboxylic acids is 1. The summed E-state index contributed by atoms with van der Waals surface area (Å²) in [5, 5.41) is 12.2. The predicted octanol–water partition coefficient (Wildman–Crippen LogP) is 4.41. The van der Waals surface area contributed by atoms with Gasteiger partial charge in [0, 0.05) is 11.3 Å². The fraction of sp³-hybridized carbons (Fsp3) is 0.318. The van der Waals surface area contributed by atoms with Gasteiger partial charge in [-0.3, -0.25) is 9.36 Å². The Labute approximate surface area is 175 Å². The summed E-state index contributed by atoms with van der Waals surface area (Å²) < 4.78 is 7.62. The van der Waals surface area contributed by atoms with Gasteiger partial charge in [-0.1, -0.05) is 37.2 Å². The van der Waals surface area contributed by atoms with Gasteiger partial charge in [0.1, 0.15) is 5.75 Å². The van der Waals surface area contributed by atoms with Gasteiger partial charge >= 0.3 is 0 Å². The molecule has 0 saturated carbocycles. The number of benzene rings is 2. The number of aromatic nitrogens is 3. The lowest BCUT2D eigenvalue weighted by molar-refractivity contribution is 0.0949. The molecule has 2 aromatic carbocycles. The van der Waals surface area contributed by atoms with Gasteiger partial charge in [-0.15, -0.1) is 10.2 Å². The van der Waals surface area contributed by atoms with Gasteiger partial charge in [0.2, 0.25) is 0 Å². The third-order valence-electron chi connectivity index (χ3n) is 4.43. The quantitative estimate of drug-likeness (QED) is 0.418. The SMILES string of the molecule is CCCCOc1ccc(C(=O)NCc2nnc(SC)n2-c2cccc(C)c2)cc1. The smallest absolute Gasteiger partial charge is 0.251 e. The van der Waals surface area contributed by atoms with Crippen LogP contribution in [0.25, 0.3) is 5.69 Å². The fourth-order valence-corrected chi connectivity index (χ4v) is 3.39. The molecule has 7 heteroatoms. The number of unbranched alkanes of at least 4 members (excludes halogenated alkanes) is 1. The van der Waals surface area contributed by atoms with Crippen molar-refractivity contribution >= 4 is 17.7 Å². The van der Waals surface area contributed by atoms with Crippen molar-refractivity contribution < 1.29 is 9.53 Å². The summed E-state index contributed by atoms with van der Waals surface area (Å²) in [6, 6.07) is 15.3. The number of amides is 1. The highest BCUT2D eigenvalue weighted by Crippen LogP contribution is 2.21. The molecule has 0 unspecified atom stereocenters. The van der Waals surface area contributed by atoms with Crippen LogP contribution in [0.5, 0.6) is 5.75 Å². The van der Waals surface area contributed by atoms with Crippen molar-refractivity contribution in [3.63, 3.8) is 0 Å². The van der Waals surface area contributed by atoms with Crippen LogP contribution in [0.1, 0.15) is 41.5 Å². The van der Waals surface area contributed by atoms with Crippen LogP contribution in [-0.2, 0) is 6.54 Å². The molecule has 1 aromatic heterocycles. The van der Waals surface area contributed by atoms with E-state index in [-0.39, 0.29) is 12.5 Å². The van der Waals surface area contributed by atoms with Crippen LogP contribution >= 0.6 is 11.8 Å². The first kappa shape index (κ1) is 20.9. The van der Waals surface area contributed by atoms with Crippen molar-refractivity contribution in [1.82, 2.24) is 20.1 Å². The van der Waals surface area contributed by atoms with Gasteiger partial charge in [-0.05, 0) is 61.6 Å². The van der Waals surface area contributed by atoms with E-state index in [1.54, 1.807) is 12.1 Å². The Morgan fingerprint density at radius 2 is 1.97 bits per heavy atom. The first-order valence-electron chi connectivity index (χ1n) is 9.68. The monoisotopic (exact) mass is 410 g/mol. The number of thioether (sulfide) groups is 1. The predicted molar refractivity (Wildman–Crippen MR) is 116 cm³/mol. The molecule has 1 N–H and O–H groups in total. The molecule has 0 aliphatic rings. The molecule has 3 aromatic rings. The number of aryl methyl sites for hydroxylation is 1. The standard InChI is InChI=1S/C22H26N4O2S/c1-4-5-13-28-19-11-9-17(10-12-19)21(27)23-15-20-24-25-22(29-3)26(20)18-8-6-7-16(2)14-18/h6-12,14H,4-5,13,15H2,1-3H3,(H,23,27). The Kier molecular flexibility index (Phi) is 7.30. The van der Waals surface area contributed by atoms with Crippen LogP contribution in [-0.4, -0.2) is 33.5 Å². The molecule has 0 aliphatic heterocycles. The Balaban J connectivity index is 1.68. The van der Waals surface area contributed by atoms with Gasteiger partial charge in [-0.25, -0.2) is 0 Å². The highest BCUT2D eigenvalue weighted by molar-refractivity contribution is 7.98. The molecule has 3 rings (SSSR count). The Morgan fingerprint density at radius 3 is 2.66 bits per heavy atom. The van der Waals surface area contributed by atoms with Crippen LogP contribution in [0.15, 0.2) is 53.7 Å². The number of nitrogens with zero attached hydrogens (tertiary/aromatic N) is 3. The van der Waals surface area contributed by atoms with Crippen molar-refractivity contribution in [2.75, 3.05) is 12.9 Å². The summed E-state index contributed by atoms with van der Waals surface area (Å²) in [5.41, 5.74) is 2.72. The van der Waals surface area contributed by atoms with Gasteiger partial charge < -0.3 is 10.1 Å². The molecule has 1 amide bonds. The van der Waals surface area contributed by atoms with E-state index in [2.05, 4.69) is 28.5 Å². The van der Waals surface area contributed by atoms with Crippen LogP contribution in [0, 0.1) is 6.92 Å². The largest absolute Gasteiger partial charge is 0.494 e. The third-order valence-corrected chi connectivity index (χ3v) is 5.06. The molecule has 0 spiro atoms. The van der Waals surface area contributed by atoms with Gasteiger partial charge in [0.05, 0.1) is 13.2 Å². The Bertz CT molecular complexity index is 954. The van der Waals surface area contributed by atoms with E-state index in [0.717, 1.165) is 35.0 Å². The lowest BCUT2D eigenvalue weighted by Gasteiger charge is -2.11. The van der Waals surface area contributed by atoms with E-state index in [1.165, 1.54) is 11.8 Å². The summed E-state index contributed by atoms with van der Waals surface area (Å²) in [5.74, 6) is 1.31. The van der Waals surface area contributed by atoms with Gasteiger partial charge in [0.15, 0.2) is 11.0 Å². The molecule has 152 valence electrons. The van der Waals surface area contributed by atoms with Crippen LogP contribution in [0.3, 0.4) is 0 Å². The average Bonchev–Trinajstić information content (AvgIpc) is 3.16. The number of nitrogens with one attached hydrogen (secondary N) is 1. The second-order valence-corrected chi connectivity index (χ2v) is 7.46. The average molecular weight is 411 g/mol. The van der Waals surface area contributed by atoms with Crippen molar-refractivity contribution in [2.24, 2.45) is 0 Å². The lowest BCUT2D eigenvalue weighted by Crippen LogP contribution is -2.24.